The van der Waals surface area contributed by atoms with Crippen molar-refractivity contribution in [3.63, 3.8) is 0 Å². The molecule has 3 aliphatic rings. The predicted octanol–water partition coefficient (Wildman–Crippen LogP) is 3.83. The zero-order chi connectivity index (χ0) is 15.9. The van der Waals surface area contributed by atoms with Crippen molar-refractivity contribution in [2.75, 3.05) is 7.05 Å². The lowest BCUT2D eigenvalue weighted by Gasteiger charge is -2.46. The van der Waals surface area contributed by atoms with Gasteiger partial charge in [0.15, 0.2) is 0 Å². The Morgan fingerprint density at radius 3 is 2.45 bits per heavy atom. The Balaban J connectivity index is 1.78. The summed E-state index contributed by atoms with van der Waals surface area (Å²) in [6.07, 6.45) is 8.15. The molecule has 4 heteroatoms. The molecule has 3 rings (SSSR count). The van der Waals surface area contributed by atoms with Crippen molar-refractivity contribution in [3.05, 3.63) is 0 Å². The maximum absolute atomic E-state index is 12.8. The topological polar surface area (TPSA) is 29.5 Å². The van der Waals surface area contributed by atoms with Gasteiger partial charge in [-0.3, -0.25) is 9.69 Å². The molecule has 126 valence electrons. The summed E-state index contributed by atoms with van der Waals surface area (Å²) in [6.45, 7) is 3.91. The van der Waals surface area contributed by atoms with Gasteiger partial charge in [-0.25, -0.2) is 0 Å². The minimum absolute atomic E-state index is 0.0174. The second-order valence-corrected chi connectivity index (χ2v) is 8.50. The Kier molecular flexibility index (Phi) is 5.04. The summed E-state index contributed by atoms with van der Waals surface area (Å²) >= 11 is 6.28. The second kappa shape index (κ2) is 6.68. The number of hydrogen-bond donors (Lipinski definition) is 0. The fourth-order valence-corrected chi connectivity index (χ4v) is 5.39. The lowest BCUT2D eigenvalue weighted by Crippen LogP contribution is -2.52. The van der Waals surface area contributed by atoms with Crippen LogP contribution in [-0.2, 0) is 9.53 Å². The molecular weight excluding hydrogens is 298 g/mol. The van der Waals surface area contributed by atoms with E-state index in [0.717, 1.165) is 19.3 Å². The summed E-state index contributed by atoms with van der Waals surface area (Å²) in [6, 6.07) is 1.07. The fraction of sp³-hybridized carbons (Fsp3) is 0.944. The molecule has 0 aromatic rings. The number of halogens is 1. The SMILES string of the molecule is CC(C)OC(=O)C1C(C2CCC(Cl)CC2)CC2CCC1N2C. The molecule has 0 amide bonds. The molecule has 1 saturated carbocycles. The van der Waals surface area contributed by atoms with E-state index in [9.17, 15) is 4.79 Å². The maximum atomic E-state index is 12.8. The third-order valence-corrected chi connectivity index (χ3v) is 6.68. The molecule has 2 bridgehead atoms. The Morgan fingerprint density at radius 2 is 1.82 bits per heavy atom. The Morgan fingerprint density at radius 1 is 1.14 bits per heavy atom. The van der Waals surface area contributed by atoms with Crippen LogP contribution in [0.3, 0.4) is 0 Å². The molecule has 0 aromatic carbocycles. The third-order valence-electron chi connectivity index (χ3n) is 6.25. The van der Waals surface area contributed by atoms with E-state index in [-0.39, 0.29) is 18.0 Å². The highest BCUT2D eigenvalue weighted by atomic mass is 35.5. The number of esters is 1. The molecule has 4 unspecified atom stereocenters. The molecule has 22 heavy (non-hydrogen) atoms. The van der Waals surface area contributed by atoms with Crippen LogP contribution in [0, 0.1) is 17.8 Å². The highest BCUT2D eigenvalue weighted by molar-refractivity contribution is 6.20. The van der Waals surface area contributed by atoms with E-state index in [4.69, 9.17) is 16.3 Å². The van der Waals surface area contributed by atoms with Crippen LogP contribution in [-0.4, -0.2) is 41.5 Å². The van der Waals surface area contributed by atoms with Crippen molar-refractivity contribution in [1.82, 2.24) is 4.90 Å². The highest BCUT2D eigenvalue weighted by Gasteiger charge is 2.51. The van der Waals surface area contributed by atoms with Crippen LogP contribution in [0.5, 0.6) is 0 Å². The number of alkyl halides is 1. The molecule has 0 spiro atoms. The van der Waals surface area contributed by atoms with Crippen LogP contribution >= 0.6 is 11.6 Å². The first kappa shape index (κ1) is 16.6. The number of carbonyl (C=O) groups excluding carboxylic acids is 1. The van der Waals surface area contributed by atoms with Crippen LogP contribution in [0.2, 0.25) is 0 Å². The molecule has 2 saturated heterocycles. The molecule has 4 atom stereocenters. The fourth-order valence-electron chi connectivity index (χ4n) is 5.14. The monoisotopic (exact) mass is 327 g/mol. The molecule has 0 radical (unpaired) electrons. The summed E-state index contributed by atoms with van der Waals surface area (Å²) in [7, 11) is 2.20. The zero-order valence-electron chi connectivity index (χ0n) is 14.1. The van der Waals surface area contributed by atoms with E-state index in [0.29, 0.717) is 29.3 Å². The van der Waals surface area contributed by atoms with Crippen molar-refractivity contribution >= 4 is 17.6 Å². The van der Waals surface area contributed by atoms with Crippen LogP contribution in [0.15, 0.2) is 0 Å². The Bertz CT molecular complexity index is 406. The van der Waals surface area contributed by atoms with Gasteiger partial charge in [0.2, 0.25) is 0 Å². The number of piperidine rings is 1. The molecule has 2 heterocycles. The van der Waals surface area contributed by atoms with Gasteiger partial charge < -0.3 is 4.74 Å². The highest BCUT2D eigenvalue weighted by Crippen LogP contribution is 2.48. The van der Waals surface area contributed by atoms with Gasteiger partial charge in [-0.15, -0.1) is 11.6 Å². The molecular formula is C18H30ClNO2. The minimum Gasteiger partial charge on any atom is -0.463 e. The Hall–Kier alpha value is -0.280. The third kappa shape index (κ3) is 3.17. The zero-order valence-corrected chi connectivity index (χ0v) is 14.9. The van der Waals surface area contributed by atoms with Crippen LogP contribution in [0.25, 0.3) is 0 Å². The van der Waals surface area contributed by atoms with Crippen molar-refractivity contribution in [2.45, 2.75) is 82.4 Å². The molecule has 1 aliphatic carbocycles. The van der Waals surface area contributed by atoms with Crippen molar-refractivity contribution in [1.29, 1.82) is 0 Å². The lowest BCUT2D eigenvalue weighted by atomic mass is 9.68. The average Bonchev–Trinajstić information content (AvgIpc) is 2.71. The summed E-state index contributed by atoms with van der Waals surface area (Å²) in [5.74, 6) is 1.29. The standard InChI is InChI=1S/C18H30ClNO2/c1-11(2)22-18(21)17-15(12-4-6-13(19)7-5-12)10-14-8-9-16(17)20(14)3/h11-17H,4-10H2,1-3H3. The summed E-state index contributed by atoms with van der Waals surface area (Å²) in [4.78, 5) is 15.2. The first-order valence-electron chi connectivity index (χ1n) is 9.04. The van der Waals surface area contributed by atoms with Gasteiger partial charge in [0, 0.05) is 17.5 Å². The van der Waals surface area contributed by atoms with Crippen LogP contribution in [0.1, 0.15) is 58.8 Å². The molecule has 0 N–H and O–H groups in total. The van der Waals surface area contributed by atoms with Crippen molar-refractivity contribution in [3.8, 4) is 0 Å². The normalized spacial score (nSPS) is 42.6. The first-order valence-corrected chi connectivity index (χ1v) is 9.47. The van der Waals surface area contributed by atoms with Gasteiger partial charge in [0.05, 0.1) is 12.0 Å². The van der Waals surface area contributed by atoms with E-state index in [1.54, 1.807) is 0 Å². The van der Waals surface area contributed by atoms with Gasteiger partial charge in [-0.2, -0.15) is 0 Å². The second-order valence-electron chi connectivity index (χ2n) is 7.89. The summed E-state index contributed by atoms with van der Waals surface area (Å²) in [5.41, 5.74) is 0. The number of rotatable bonds is 3. The molecule has 2 aliphatic heterocycles. The number of nitrogens with zero attached hydrogens (tertiary/aromatic N) is 1. The van der Waals surface area contributed by atoms with E-state index in [1.807, 2.05) is 13.8 Å². The van der Waals surface area contributed by atoms with E-state index >= 15 is 0 Å². The van der Waals surface area contributed by atoms with Crippen molar-refractivity contribution in [2.24, 2.45) is 17.8 Å². The molecule has 0 aromatic heterocycles. The summed E-state index contributed by atoms with van der Waals surface area (Å²) in [5, 5.41) is 0.348. The van der Waals surface area contributed by atoms with Crippen molar-refractivity contribution < 1.29 is 9.53 Å². The van der Waals surface area contributed by atoms with E-state index < -0.39 is 0 Å². The minimum atomic E-state index is -0.0174. The summed E-state index contributed by atoms with van der Waals surface area (Å²) < 4.78 is 5.64. The average molecular weight is 328 g/mol. The van der Waals surface area contributed by atoms with E-state index in [2.05, 4.69) is 11.9 Å². The number of fused-ring (bicyclic) bond motifs is 2. The van der Waals surface area contributed by atoms with Crippen LogP contribution in [0.4, 0.5) is 0 Å². The van der Waals surface area contributed by atoms with Gasteiger partial charge in [-0.1, -0.05) is 0 Å². The van der Waals surface area contributed by atoms with Gasteiger partial charge in [0.1, 0.15) is 0 Å². The number of ether oxygens (including phenoxy) is 1. The van der Waals surface area contributed by atoms with Gasteiger partial charge >= 0.3 is 5.97 Å². The molecule has 3 fully saturated rings. The quantitative estimate of drug-likeness (QED) is 0.582. The first-order chi connectivity index (χ1) is 10.5. The van der Waals surface area contributed by atoms with Crippen LogP contribution < -0.4 is 0 Å². The largest absolute Gasteiger partial charge is 0.463 e. The molecule has 3 nitrogen and oxygen atoms in total. The maximum Gasteiger partial charge on any atom is 0.311 e. The van der Waals surface area contributed by atoms with Gasteiger partial charge in [-0.05, 0) is 77.7 Å². The van der Waals surface area contributed by atoms with E-state index in [1.165, 1.54) is 25.7 Å². The predicted molar refractivity (Wildman–Crippen MR) is 89.0 cm³/mol. The number of hydrogen-bond acceptors (Lipinski definition) is 3. The number of carbonyl (C=O) groups is 1. The lowest BCUT2D eigenvalue weighted by molar-refractivity contribution is -0.161. The smallest absolute Gasteiger partial charge is 0.311 e. The Labute approximate surface area is 139 Å². The van der Waals surface area contributed by atoms with Gasteiger partial charge in [0.25, 0.3) is 0 Å².